The molecule has 5 heteroatoms. The molecule has 1 unspecified atom stereocenters. The molecule has 1 N–H and O–H groups in total. The fourth-order valence-corrected chi connectivity index (χ4v) is 5.82. The molecule has 0 saturated heterocycles. The molecule has 0 spiro atoms. The van der Waals surface area contributed by atoms with Crippen molar-refractivity contribution >= 4 is 35.3 Å². The summed E-state index contributed by atoms with van der Waals surface area (Å²) in [5.74, 6) is -0.105. The van der Waals surface area contributed by atoms with Gasteiger partial charge in [0.2, 0.25) is 0 Å². The van der Waals surface area contributed by atoms with Crippen molar-refractivity contribution in [1.29, 1.82) is 0 Å². The van der Waals surface area contributed by atoms with E-state index in [1.54, 1.807) is 0 Å². The second-order valence-electron chi connectivity index (χ2n) is 9.85. The predicted octanol–water partition coefficient (Wildman–Crippen LogP) is 7.43. The highest BCUT2D eigenvalue weighted by molar-refractivity contribution is 8.04. The quantitative estimate of drug-likeness (QED) is 0.240. The Labute approximate surface area is 234 Å². The van der Waals surface area contributed by atoms with Gasteiger partial charge in [0.25, 0.3) is 11.8 Å². The molecule has 0 radical (unpaired) electrons. The Balaban J connectivity index is 1.32. The maximum atomic E-state index is 13.6. The van der Waals surface area contributed by atoms with Crippen LogP contribution < -0.4 is 10.2 Å². The summed E-state index contributed by atoms with van der Waals surface area (Å²) in [5, 5.41) is 3.16. The Bertz CT molecular complexity index is 1500. The third-order valence-corrected chi connectivity index (χ3v) is 7.96. The molecule has 39 heavy (non-hydrogen) atoms. The van der Waals surface area contributed by atoms with Crippen molar-refractivity contribution in [2.45, 2.75) is 44.2 Å². The van der Waals surface area contributed by atoms with Crippen LogP contribution in [0.2, 0.25) is 0 Å². The summed E-state index contributed by atoms with van der Waals surface area (Å²) >= 11 is 1.49. The lowest BCUT2D eigenvalue weighted by Crippen LogP contribution is -2.35. The minimum absolute atomic E-state index is 0.0197. The van der Waals surface area contributed by atoms with Gasteiger partial charge in [-0.1, -0.05) is 103 Å². The monoisotopic (exact) mass is 532 g/mol. The van der Waals surface area contributed by atoms with Crippen LogP contribution in [0.1, 0.15) is 46.0 Å². The largest absolute Gasteiger partial charge is 0.349 e. The zero-order valence-electron chi connectivity index (χ0n) is 22.3. The van der Waals surface area contributed by atoms with Crippen molar-refractivity contribution in [3.05, 3.63) is 136 Å². The number of fused-ring (bicyclic) bond motifs is 1. The number of benzene rings is 4. The second kappa shape index (κ2) is 12.2. The van der Waals surface area contributed by atoms with E-state index in [1.165, 1.54) is 22.9 Å². The number of carbonyl (C=O) groups is 2. The number of thioether (sulfide) groups is 1. The van der Waals surface area contributed by atoms with Gasteiger partial charge in [0, 0.05) is 16.5 Å². The van der Waals surface area contributed by atoms with Crippen molar-refractivity contribution in [2.24, 2.45) is 0 Å². The van der Waals surface area contributed by atoms with Crippen LogP contribution in [0.3, 0.4) is 0 Å². The van der Waals surface area contributed by atoms with Crippen molar-refractivity contribution in [3.8, 4) is 0 Å². The van der Waals surface area contributed by atoms with Gasteiger partial charge in [-0.25, -0.2) is 0 Å². The molecular formula is C34H32N2O2S. The van der Waals surface area contributed by atoms with Crippen LogP contribution in [-0.4, -0.2) is 17.9 Å². The lowest BCUT2D eigenvalue weighted by Gasteiger charge is -2.30. The number of aryl methyl sites for hydroxylation is 1. The molecule has 1 atom stereocenters. The zero-order chi connectivity index (χ0) is 27.2. The van der Waals surface area contributed by atoms with Crippen LogP contribution in [0.4, 0.5) is 5.69 Å². The first kappa shape index (κ1) is 26.5. The van der Waals surface area contributed by atoms with Gasteiger partial charge in [0.05, 0.1) is 17.1 Å². The van der Waals surface area contributed by atoms with E-state index in [2.05, 4.69) is 55.6 Å². The summed E-state index contributed by atoms with van der Waals surface area (Å²) in [6.45, 7) is 4.66. The third-order valence-electron chi connectivity index (χ3n) is 6.88. The van der Waals surface area contributed by atoms with E-state index in [0.717, 1.165) is 34.6 Å². The number of anilines is 1. The van der Waals surface area contributed by atoms with Crippen LogP contribution in [0, 0.1) is 6.92 Å². The summed E-state index contributed by atoms with van der Waals surface area (Å²) < 4.78 is 0. The van der Waals surface area contributed by atoms with Gasteiger partial charge in [-0.15, -0.1) is 0 Å². The van der Waals surface area contributed by atoms with Gasteiger partial charge in [-0.2, -0.15) is 0 Å². The van der Waals surface area contributed by atoms with Gasteiger partial charge >= 0.3 is 0 Å². The number of rotatable bonds is 8. The van der Waals surface area contributed by atoms with Crippen molar-refractivity contribution in [1.82, 2.24) is 5.32 Å². The van der Waals surface area contributed by atoms with Crippen molar-refractivity contribution in [2.75, 3.05) is 4.90 Å². The van der Waals surface area contributed by atoms with E-state index >= 15 is 0 Å². The molecule has 4 aromatic rings. The first-order chi connectivity index (χ1) is 19.0. The molecule has 2 amide bonds. The fourth-order valence-electron chi connectivity index (χ4n) is 4.76. The molecule has 4 aromatic carbocycles. The Morgan fingerprint density at radius 1 is 0.897 bits per heavy atom. The maximum absolute atomic E-state index is 13.6. The summed E-state index contributed by atoms with van der Waals surface area (Å²) in [6, 6.07) is 34.0. The summed E-state index contributed by atoms with van der Waals surface area (Å²) in [4.78, 5) is 30.1. The van der Waals surface area contributed by atoms with E-state index < -0.39 is 0 Å². The number of nitrogens with one attached hydrogen (secondary N) is 1. The van der Waals surface area contributed by atoms with E-state index in [9.17, 15) is 9.59 Å². The lowest BCUT2D eigenvalue weighted by atomic mass is 10.0. The lowest BCUT2D eigenvalue weighted by molar-refractivity contribution is -0.114. The Kier molecular flexibility index (Phi) is 8.28. The minimum atomic E-state index is -0.0849. The van der Waals surface area contributed by atoms with E-state index in [0.29, 0.717) is 17.0 Å². The zero-order valence-corrected chi connectivity index (χ0v) is 23.1. The Morgan fingerprint density at radius 2 is 1.62 bits per heavy atom. The molecule has 4 nitrogen and oxygen atoms in total. The Morgan fingerprint density at radius 3 is 2.36 bits per heavy atom. The molecular weight excluding hydrogens is 500 g/mol. The van der Waals surface area contributed by atoms with Crippen LogP contribution in [-0.2, 0) is 17.8 Å². The molecule has 0 bridgehead atoms. The number of carbonyl (C=O) groups excluding carboxylic acids is 2. The molecule has 0 saturated carbocycles. The molecule has 1 heterocycles. The topological polar surface area (TPSA) is 49.4 Å². The number of hydrogen-bond acceptors (Lipinski definition) is 3. The van der Waals surface area contributed by atoms with Gasteiger partial charge in [-0.3, -0.25) is 9.59 Å². The van der Waals surface area contributed by atoms with Crippen molar-refractivity contribution in [3.63, 3.8) is 0 Å². The predicted molar refractivity (Wildman–Crippen MR) is 161 cm³/mol. The standard InChI is InChI=1S/C34H32N2O2S/c1-3-29(21-25-11-5-4-6-12-25)35-33(37)28-18-16-26(17-19-28)22-32-34(38)36(23-27-13-9-10-24(2)20-27)30-14-7-8-15-31(30)39-32/h4-20,22,29H,3,21,23H2,1-2H3,(H,35,37). The molecule has 0 fully saturated rings. The highest BCUT2D eigenvalue weighted by Crippen LogP contribution is 2.42. The molecule has 5 rings (SSSR count). The number of amides is 2. The van der Waals surface area contributed by atoms with E-state index in [-0.39, 0.29) is 17.9 Å². The van der Waals surface area contributed by atoms with Gasteiger partial charge in [0.15, 0.2) is 0 Å². The average Bonchev–Trinajstić information content (AvgIpc) is 2.96. The van der Waals surface area contributed by atoms with Crippen molar-refractivity contribution < 1.29 is 9.59 Å². The van der Waals surface area contributed by atoms with Crippen LogP contribution in [0.5, 0.6) is 0 Å². The molecule has 0 aliphatic carbocycles. The Hall–Kier alpha value is -4.09. The third kappa shape index (κ3) is 6.50. The molecule has 1 aliphatic heterocycles. The average molecular weight is 533 g/mol. The highest BCUT2D eigenvalue weighted by Gasteiger charge is 2.29. The second-order valence-corrected chi connectivity index (χ2v) is 10.9. The smallest absolute Gasteiger partial charge is 0.265 e. The number of nitrogens with zero attached hydrogens (tertiary/aromatic N) is 1. The van der Waals surface area contributed by atoms with Crippen LogP contribution in [0.25, 0.3) is 6.08 Å². The first-order valence-corrected chi connectivity index (χ1v) is 14.1. The minimum Gasteiger partial charge on any atom is -0.349 e. The summed E-state index contributed by atoms with van der Waals surface area (Å²) in [7, 11) is 0. The molecule has 1 aliphatic rings. The summed E-state index contributed by atoms with van der Waals surface area (Å²) in [6.07, 6.45) is 3.57. The van der Waals surface area contributed by atoms with Crippen LogP contribution in [0.15, 0.2) is 113 Å². The van der Waals surface area contributed by atoms with Gasteiger partial charge in [0.1, 0.15) is 0 Å². The SMILES string of the molecule is CCC(Cc1ccccc1)NC(=O)c1ccc(C=C2Sc3ccccc3N(Cc3cccc(C)c3)C2=O)cc1. The molecule has 196 valence electrons. The number of hydrogen-bond donors (Lipinski definition) is 1. The number of para-hydroxylation sites is 1. The van der Waals surface area contributed by atoms with Gasteiger partial charge in [-0.05, 0) is 66.8 Å². The molecule has 0 aromatic heterocycles. The van der Waals surface area contributed by atoms with Gasteiger partial charge < -0.3 is 10.2 Å². The first-order valence-electron chi connectivity index (χ1n) is 13.3. The van der Waals surface area contributed by atoms with Crippen LogP contribution >= 0.6 is 11.8 Å². The normalized spacial score (nSPS) is 14.7. The summed E-state index contributed by atoms with van der Waals surface area (Å²) in [5.41, 5.74) is 5.90. The van der Waals surface area contributed by atoms with E-state index in [4.69, 9.17) is 0 Å². The highest BCUT2D eigenvalue weighted by atomic mass is 32.2. The maximum Gasteiger partial charge on any atom is 0.265 e. The van der Waals surface area contributed by atoms with E-state index in [1.807, 2.05) is 77.7 Å². The fraction of sp³-hybridized carbons (Fsp3) is 0.176.